The van der Waals surface area contributed by atoms with E-state index in [2.05, 4.69) is 55.6 Å². The molecule has 0 bridgehead atoms. The molecule has 1 unspecified atom stereocenters. The molecule has 4 nitrogen and oxygen atoms in total. The van der Waals surface area contributed by atoms with Crippen molar-refractivity contribution in [1.29, 1.82) is 0 Å². The second kappa shape index (κ2) is 6.87. The zero-order chi connectivity index (χ0) is 15.4. The Kier molecular flexibility index (Phi) is 5.15. The van der Waals surface area contributed by atoms with Crippen LogP contribution in [0.15, 0.2) is 24.3 Å². The second-order valence-electron chi connectivity index (χ2n) is 5.63. The Balaban J connectivity index is 2.08. The van der Waals surface area contributed by atoms with E-state index >= 15 is 0 Å². The van der Waals surface area contributed by atoms with Crippen LogP contribution >= 0.6 is 0 Å². The van der Waals surface area contributed by atoms with Crippen molar-refractivity contribution in [3.8, 4) is 0 Å². The molecule has 21 heavy (non-hydrogen) atoms. The minimum Gasteiger partial charge on any atom is -0.272 e. The van der Waals surface area contributed by atoms with Crippen LogP contribution in [0.3, 0.4) is 0 Å². The van der Waals surface area contributed by atoms with Gasteiger partial charge in [0.15, 0.2) is 0 Å². The molecule has 0 aliphatic heterocycles. The molecule has 1 aromatic carbocycles. The quantitative estimate of drug-likeness (QED) is 0.634. The van der Waals surface area contributed by atoms with E-state index < -0.39 is 0 Å². The van der Waals surface area contributed by atoms with Crippen molar-refractivity contribution >= 4 is 0 Å². The first-order valence-electron chi connectivity index (χ1n) is 7.60. The first-order valence-corrected chi connectivity index (χ1v) is 7.60. The number of aryl methyl sites for hydroxylation is 3. The van der Waals surface area contributed by atoms with E-state index in [0.29, 0.717) is 0 Å². The number of hydrogen-bond acceptors (Lipinski definition) is 3. The van der Waals surface area contributed by atoms with Crippen LogP contribution in [-0.4, -0.2) is 9.78 Å². The molecular formula is C17H26N4. The molecule has 114 valence electrons. The minimum atomic E-state index is 0.176. The van der Waals surface area contributed by atoms with Crippen molar-refractivity contribution in [3.05, 3.63) is 52.3 Å². The van der Waals surface area contributed by atoms with E-state index in [-0.39, 0.29) is 6.04 Å². The summed E-state index contributed by atoms with van der Waals surface area (Å²) < 4.78 is 1.95. The monoisotopic (exact) mass is 286 g/mol. The molecule has 0 spiro atoms. The number of benzene rings is 1. The fourth-order valence-electron chi connectivity index (χ4n) is 2.80. The number of hydrazine groups is 1. The Morgan fingerprint density at radius 2 is 1.90 bits per heavy atom. The maximum atomic E-state index is 5.75. The fourth-order valence-corrected chi connectivity index (χ4v) is 2.80. The van der Waals surface area contributed by atoms with Crippen LogP contribution in [0, 0.1) is 13.8 Å². The van der Waals surface area contributed by atoms with Crippen LogP contribution in [-0.2, 0) is 19.9 Å². The van der Waals surface area contributed by atoms with Gasteiger partial charge in [-0.2, -0.15) is 5.10 Å². The molecule has 1 atom stereocenters. The van der Waals surface area contributed by atoms with E-state index in [9.17, 15) is 0 Å². The summed E-state index contributed by atoms with van der Waals surface area (Å²) in [6.07, 6.45) is 3.01. The van der Waals surface area contributed by atoms with Crippen molar-refractivity contribution in [2.45, 2.75) is 46.1 Å². The number of aromatic nitrogens is 2. The van der Waals surface area contributed by atoms with Crippen LogP contribution in [0.25, 0.3) is 0 Å². The average molecular weight is 286 g/mol. The average Bonchev–Trinajstić information content (AvgIpc) is 2.74. The zero-order valence-electron chi connectivity index (χ0n) is 13.5. The van der Waals surface area contributed by atoms with Gasteiger partial charge in [-0.3, -0.25) is 16.0 Å². The minimum absolute atomic E-state index is 0.176. The number of nitrogens with one attached hydrogen (secondary N) is 1. The molecule has 0 fully saturated rings. The Morgan fingerprint density at radius 3 is 2.38 bits per heavy atom. The Morgan fingerprint density at radius 1 is 1.24 bits per heavy atom. The normalized spacial score (nSPS) is 12.6. The third-order valence-electron chi connectivity index (χ3n) is 4.33. The summed E-state index contributed by atoms with van der Waals surface area (Å²) in [5, 5.41) is 4.47. The molecule has 3 N–H and O–H groups in total. The van der Waals surface area contributed by atoms with Crippen LogP contribution in [0.4, 0.5) is 0 Å². The van der Waals surface area contributed by atoms with E-state index in [1.807, 2.05) is 11.7 Å². The van der Waals surface area contributed by atoms with E-state index in [0.717, 1.165) is 25.0 Å². The van der Waals surface area contributed by atoms with E-state index in [4.69, 9.17) is 5.84 Å². The SMILES string of the molecule is CCc1ccc(C(CCc2c(C)nn(C)c2C)NN)cc1. The van der Waals surface area contributed by atoms with Crippen molar-refractivity contribution in [2.75, 3.05) is 0 Å². The van der Waals surface area contributed by atoms with Gasteiger partial charge in [0.1, 0.15) is 0 Å². The molecule has 0 radical (unpaired) electrons. The largest absolute Gasteiger partial charge is 0.272 e. The van der Waals surface area contributed by atoms with Gasteiger partial charge in [-0.15, -0.1) is 0 Å². The van der Waals surface area contributed by atoms with Gasteiger partial charge in [0.2, 0.25) is 0 Å². The van der Waals surface area contributed by atoms with Gasteiger partial charge in [-0.1, -0.05) is 31.2 Å². The lowest BCUT2D eigenvalue weighted by Crippen LogP contribution is -2.28. The van der Waals surface area contributed by atoms with Gasteiger partial charge in [0.05, 0.1) is 5.69 Å². The first-order chi connectivity index (χ1) is 10.1. The van der Waals surface area contributed by atoms with Gasteiger partial charge in [0.25, 0.3) is 0 Å². The zero-order valence-corrected chi connectivity index (χ0v) is 13.5. The highest BCUT2D eigenvalue weighted by Gasteiger charge is 2.14. The number of rotatable bonds is 6. The summed E-state index contributed by atoms with van der Waals surface area (Å²) in [5.74, 6) is 5.75. The fraction of sp³-hybridized carbons (Fsp3) is 0.471. The standard InChI is InChI=1S/C17H26N4/c1-5-14-6-8-15(9-7-14)17(19-18)11-10-16-12(2)20-21(4)13(16)3/h6-9,17,19H,5,10-11,18H2,1-4H3. The molecule has 2 aromatic rings. The maximum absolute atomic E-state index is 5.75. The van der Waals surface area contributed by atoms with E-state index in [1.165, 1.54) is 22.4 Å². The van der Waals surface area contributed by atoms with Crippen LogP contribution in [0.5, 0.6) is 0 Å². The van der Waals surface area contributed by atoms with Crippen molar-refractivity contribution in [1.82, 2.24) is 15.2 Å². The number of hydrogen-bond donors (Lipinski definition) is 2. The summed E-state index contributed by atoms with van der Waals surface area (Å²) in [6.45, 7) is 6.36. The number of nitrogens with zero attached hydrogens (tertiary/aromatic N) is 2. The topological polar surface area (TPSA) is 55.9 Å². The van der Waals surface area contributed by atoms with Crippen molar-refractivity contribution in [2.24, 2.45) is 12.9 Å². The first kappa shape index (κ1) is 15.7. The number of nitrogens with two attached hydrogens (primary N) is 1. The summed E-state index contributed by atoms with van der Waals surface area (Å²) in [7, 11) is 1.99. The Labute approximate surface area is 127 Å². The van der Waals surface area contributed by atoms with Gasteiger partial charge in [-0.05, 0) is 49.8 Å². The lowest BCUT2D eigenvalue weighted by atomic mass is 9.97. The Bertz CT molecular complexity index is 584. The molecular weight excluding hydrogens is 260 g/mol. The lowest BCUT2D eigenvalue weighted by molar-refractivity contribution is 0.515. The molecule has 2 rings (SSSR count). The smallest absolute Gasteiger partial charge is 0.0628 e. The summed E-state index contributed by atoms with van der Waals surface area (Å²) in [5.41, 5.74) is 9.24. The summed E-state index contributed by atoms with van der Waals surface area (Å²) in [6, 6.07) is 8.88. The maximum Gasteiger partial charge on any atom is 0.0628 e. The van der Waals surface area contributed by atoms with E-state index in [1.54, 1.807) is 0 Å². The lowest BCUT2D eigenvalue weighted by Gasteiger charge is -2.17. The predicted octanol–water partition coefficient (Wildman–Crippen LogP) is 2.74. The molecule has 0 aliphatic rings. The van der Waals surface area contributed by atoms with Gasteiger partial charge in [0, 0.05) is 18.8 Å². The molecule has 1 aromatic heterocycles. The highest BCUT2D eigenvalue weighted by atomic mass is 15.3. The van der Waals surface area contributed by atoms with Gasteiger partial charge in [-0.25, -0.2) is 0 Å². The molecule has 0 aliphatic carbocycles. The summed E-state index contributed by atoms with van der Waals surface area (Å²) >= 11 is 0. The molecule has 0 amide bonds. The van der Waals surface area contributed by atoms with Gasteiger partial charge >= 0.3 is 0 Å². The van der Waals surface area contributed by atoms with Crippen molar-refractivity contribution < 1.29 is 0 Å². The molecule has 1 heterocycles. The predicted molar refractivity (Wildman–Crippen MR) is 86.9 cm³/mol. The van der Waals surface area contributed by atoms with Gasteiger partial charge < -0.3 is 0 Å². The molecule has 4 heteroatoms. The third-order valence-corrected chi connectivity index (χ3v) is 4.33. The van der Waals surface area contributed by atoms with Crippen LogP contribution < -0.4 is 11.3 Å². The van der Waals surface area contributed by atoms with Crippen molar-refractivity contribution in [3.63, 3.8) is 0 Å². The highest BCUT2D eigenvalue weighted by molar-refractivity contribution is 5.27. The highest BCUT2D eigenvalue weighted by Crippen LogP contribution is 2.22. The molecule has 0 saturated carbocycles. The second-order valence-corrected chi connectivity index (χ2v) is 5.63. The van der Waals surface area contributed by atoms with Crippen LogP contribution in [0.2, 0.25) is 0 Å². The molecule has 0 saturated heterocycles. The van der Waals surface area contributed by atoms with Crippen LogP contribution in [0.1, 0.15) is 47.5 Å². The Hall–Kier alpha value is -1.65. The summed E-state index contributed by atoms with van der Waals surface area (Å²) in [4.78, 5) is 0. The third kappa shape index (κ3) is 3.52.